The lowest BCUT2D eigenvalue weighted by atomic mass is 10.2. The van der Waals surface area contributed by atoms with Crippen molar-refractivity contribution < 1.29 is 4.79 Å². The second-order valence-corrected chi connectivity index (χ2v) is 6.06. The van der Waals surface area contributed by atoms with Crippen LogP contribution in [0.5, 0.6) is 0 Å². The first-order chi connectivity index (χ1) is 8.51. The van der Waals surface area contributed by atoms with Crippen LogP contribution >= 0.6 is 27.3 Å². The summed E-state index contributed by atoms with van der Waals surface area (Å²) in [5.74, 6) is 0.166. The molecule has 1 rings (SSSR count). The molecule has 2 unspecified atom stereocenters. The van der Waals surface area contributed by atoms with Crippen molar-refractivity contribution in [2.75, 3.05) is 13.1 Å². The molecule has 0 spiro atoms. The topological polar surface area (TPSA) is 32.3 Å². The summed E-state index contributed by atoms with van der Waals surface area (Å²) >= 11 is 5.22. The van der Waals surface area contributed by atoms with Crippen molar-refractivity contribution in [2.24, 2.45) is 0 Å². The van der Waals surface area contributed by atoms with E-state index in [0.717, 1.165) is 17.6 Å². The van der Waals surface area contributed by atoms with Crippen LogP contribution in [-0.4, -0.2) is 29.9 Å². The van der Waals surface area contributed by atoms with Crippen molar-refractivity contribution in [3.63, 3.8) is 0 Å². The summed E-state index contributed by atoms with van der Waals surface area (Å²) < 4.78 is 1.11. The van der Waals surface area contributed by atoms with Crippen LogP contribution < -0.4 is 5.32 Å². The summed E-state index contributed by atoms with van der Waals surface area (Å²) in [7, 11) is 0. The molecule has 0 saturated carbocycles. The minimum absolute atomic E-state index is 0.158. The molecule has 2 atom stereocenters. The Morgan fingerprint density at radius 1 is 1.44 bits per heavy atom. The first-order valence-corrected chi connectivity index (χ1v) is 7.96. The van der Waals surface area contributed by atoms with Gasteiger partial charge in [0, 0.05) is 28.5 Å². The largest absolute Gasteiger partial charge is 0.342 e. The zero-order chi connectivity index (χ0) is 13.7. The Morgan fingerprint density at radius 2 is 2.06 bits per heavy atom. The van der Waals surface area contributed by atoms with Crippen molar-refractivity contribution in [3.05, 3.63) is 20.8 Å². The normalized spacial score (nSPS) is 14.3. The molecule has 1 heterocycles. The number of carbonyl (C=O) groups excluding carboxylic acids is 1. The predicted octanol–water partition coefficient (Wildman–Crippen LogP) is 3.42. The Morgan fingerprint density at radius 3 is 2.50 bits per heavy atom. The Hall–Kier alpha value is -0.390. The molecule has 0 bridgehead atoms. The summed E-state index contributed by atoms with van der Waals surface area (Å²) in [5.41, 5.74) is 0. The van der Waals surface area contributed by atoms with Gasteiger partial charge in [0.25, 0.3) is 0 Å². The van der Waals surface area contributed by atoms with E-state index >= 15 is 0 Å². The lowest BCUT2D eigenvalue weighted by Gasteiger charge is -2.25. The number of carbonyl (C=O) groups is 1. The van der Waals surface area contributed by atoms with E-state index < -0.39 is 0 Å². The monoisotopic (exact) mass is 332 g/mol. The third-order valence-electron chi connectivity index (χ3n) is 2.98. The summed E-state index contributed by atoms with van der Waals surface area (Å²) in [6.45, 7) is 9.55. The van der Waals surface area contributed by atoms with Crippen LogP contribution in [0.4, 0.5) is 0 Å². The van der Waals surface area contributed by atoms with Crippen molar-refractivity contribution in [1.82, 2.24) is 10.2 Å². The molecule has 0 radical (unpaired) electrons. The van der Waals surface area contributed by atoms with E-state index in [1.165, 1.54) is 4.88 Å². The maximum Gasteiger partial charge on any atom is 0.239 e. The molecule has 0 aromatic carbocycles. The molecule has 1 amide bonds. The first-order valence-electron chi connectivity index (χ1n) is 6.28. The Kier molecular flexibility index (Phi) is 6.32. The van der Waals surface area contributed by atoms with E-state index in [4.69, 9.17) is 0 Å². The average Bonchev–Trinajstić information content (AvgIpc) is 2.76. The van der Waals surface area contributed by atoms with Crippen molar-refractivity contribution >= 4 is 33.2 Å². The van der Waals surface area contributed by atoms with Gasteiger partial charge in [0.1, 0.15) is 0 Å². The number of rotatable bonds is 6. The molecule has 0 saturated heterocycles. The van der Waals surface area contributed by atoms with Gasteiger partial charge >= 0.3 is 0 Å². The average molecular weight is 333 g/mol. The van der Waals surface area contributed by atoms with Crippen molar-refractivity contribution in [2.45, 2.75) is 39.8 Å². The molecule has 0 aliphatic rings. The van der Waals surface area contributed by atoms with Crippen LogP contribution in [0, 0.1) is 0 Å². The SMILES string of the molecule is CCN(CC)C(=O)C(C)NC(C)c1sccc1Br. The van der Waals surface area contributed by atoms with Gasteiger partial charge in [-0.1, -0.05) is 0 Å². The van der Waals surface area contributed by atoms with Crippen LogP contribution in [0.2, 0.25) is 0 Å². The number of thiophene rings is 1. The summed E-state index contributed by atoms with van der Waals surface area (Å²) in [6.07, 6.45) is 0. The Balaban J connectivity index is 2.62. The second kappa shape index (κ2) is 7.26. The standard InChI is InChI=1S/C13H21BrN2OS/c1-5-16(6-2)13(17)10(4)15-9(3)12-11(14)7-8-18-12/h7-10,15H,5-6H2,1-4H3. The molecular weight excluding hydrogens is 312 g/mol. The van der Waals surface area contributed by atoms with Crippen LogP contribution in [0.1, 0.15) is 38.6 Å². The molecule has 5 heteroatoms. The Bertz CT molecular complexity index is 390. The minimum atomic E-state index is -0.158. The zero-order valence-electron chi connectivity index (χ0n) is 11.4. The second-order valence-electron chi connectivity index (χ2n) is 4.25. The molecule has 1 aromatic heterocycles. The third-order valence-corrected chi connectivity index (χ3v) is 5.04. The predicted molar refractivity (Wildman–Crippen MR) is 81.0 cm³/mol. The van der Waals surface area contributed by atoms with Crippen LogP contribution in [-0.2, 0) is 4.79 Å². The minimum Gasteiger partial charge on any atom is -0.342 e. The number of halogens is 1. The number of hydrogen-bond donors (Lipinski definition) is 1. The highest BCUT2D eigenvalue weighted by Gasteiger charge is 2.21. The molecule has 18 heavy (non-hydrogen) atoms. The van der Waals surface area contributed by atoms with Crippen LogP contribution in [0.3, 0.4) is 0 Å². The maximum atomic E-state index is 12.2. The van der Waals surface area contributed by atoms with Crippen LogP contribution in [0.15, 0.2) is 15.9 Å². The summed E-state index contributed by atoms with van der Waals surface area (Å²) in [5, 5.41) is 5.41. The van der Waals surface area contributed by atoms with Gasteiger partial charge in [-0.25, -0.2) is 0 Å². The maximum absolute atomic E-state index is 12.2. The van der Waals surface area contributed by atoms with Crippen molar-refractivity contribution in [3.8, 4) is 0 Å². The fourth-order valence-corrected chi connectivity index (χ4v) is 3.68. The molecule has 0 aliphatic carbocycles. The lowest BCUT2D eigenvalue weighted by Crippen LogP contribution is -2.45. The highest BCUT2D eigenvalue weighted by molar-refractivity contribution is 9.10. The van der Waals surface area contributed by atoms with E-state index in [9.17, 15) is 4.79 Å². The van der Waals surface area contributed by atoms with E-state index in [2.05, 4.69) is 33.6 Å². The number of amides is 1. The number of nitrogens with zero attached hydrogens (tertiary/aromatic N) is 1. The quantitative estimate of drug-likeness (QED) is 0.865. The molecule has 1 N–H and O–H groups in total. The molecule has 1 aromatic rings. The van der Waals surface area contributed by atoms with Gasteiger partial charge in [-0.15, -0.1) is 11.3 Å². The highest BCUT2D eigenvalue weighted by atomic mass is 79.9. The molecule has 3 nitrogen and oxygen atoms in total. The van der Waals surface area contributed by atoms with Crippen molar-refractivity contribution in [1.29, 1.82) is 0 Å². The van der Waals surface area contributed by atoms with Gasteiger partial charge in [-0.05, 0) is 55.1 Å². The highest BCUT2D eigenvalue weighted by Crippen LogP contribution is 2.28. The fraction of sp³-hybridized carbons (Fsp3) is 0.615. The van der Waals surface area contributed by atoms with Gasteiger partial charge < -0.3 is 4.90 Å². The Labute approximate surface area is 122 Å². The van der Waals surface area contributed by atoms with Gasteiger partial charge in [-0.3, -0.25) is 10.1 Å². The number of likely N-dealkylation sites (N-methyl/N-ethyl adjacent to an activating group) is 1. The van der Waals surface area contributed by atoms with Crippen LogP contribution in [0.25, 0.3) is 0 Å². The third kappa shape index (κ3) is 3.80. The lowest BCUT2D eigenvalue weighted by molar-refractivity contribution is -0.132. The van der Waals surface area contributed by atoms with E-state index in [0.29, 0.717) is 0 Å². The first kappa shape index (κ1) is 15.7. The van der Waals surface area contributed by atoms with E-state index in [1.807, 2.05) is 31.7 Å². The van der Waals surface area contributed by atoms with Gasteiger partial charge in [0.2, 0.25) is 5.91 Å². The smallest absolute Gasteiger partial charge is 0.239 e. The molecule has 0 aliphatic heterocycles. The molecular formula is C13H21BrN2OS. The molecule has 0 fully saturated rings. The number of nitrogens with one attached hydrogen (secondary N) is 1. The summed E-state index contributed by atoms with van der Waals surface area (Å²) in [6, 6.07) is 2.05. The van der Waals surface area contributed by atoms with E-state index in [1.54, 1.807) is 11.3 Å². The van der Waals surface area contributed by atoms with Gasteiger partial charge in [0.05, 0.1) is 6.04 Å². The number of hydrogen-bond acceptors (Lipinski definition) is 3. The van der Waals surface area contributed by atoms with Gasteiger partial charge in [-0.2, -0.15) is 0 Å². The summed E-state index contributed by atoms with van der Waals surface area (Å²) in [4.78, 5) is 15.2. The fourth-order valence-electron chi connectivity index (χ4n) is 1.95. The zero-order valence-corrected chi connectivity index (χ0v) is 13.8. The van der Waals surface area contributed by atoms with E-state index in [-0.39, 0.29) is 18.0 Å². The molecule has 102 valence electrons. The van der Waals surface area contributed by atoms with Gasteiger partial charge in [0.15, 0.2) is 0 Å².